The van der Waals surface area contributed by atoms with Crippen LogP contribution in [0.3, 0.4) is 0 Å². The number of hydrogen-bond acceptors (Lipinski definition) is 4. The maximum atomic E-state index is 11.4. The number of nitrogens with zero attached hydrogens (tertiary/aromatic N) is 1. The number of ether oxygens (including phenoxy) is 1. The summed E-state index contributed by atoms with van der Waals surface area (Å²) in [5.74, 6) is -0.220. The van der Waals surface area contributed by atoms with Crippen molar-refractivity contribution in [1.82, 2.24) is 10.3 Å². The fraction of sp³-hybridized carbons (Fsp3) is 0.294. The summed E-state index contributed by atoms with van der Waals surface area (Å²) in [6.45, 7) is 3.38. The van der Waals surface area contributed by atoms with Crippen LogP contribution >= 0.6 is 0 Å². The largest absolute Gasteiger partial charge is 0.469 e. The molecule has 0 radical (unpaired) electrons. The number of methoxy groups -OCH3 is 1. The maximum Gasteiger partial charge on any atom is 0.309 e. The van der Waals surface area contributed by atoms with Gasteiger partial charge in [0.1, 0.15) is 0 Å². The van der Waals surface area contributed by atoms with E-state index in [0.717, 1.165) is 22.5 Å². The van der Waals surface area contributed by atoms with Gasteiger partial charge in [-0.25, -0.2) is 0 Å². The van der Waals surface area contributed by atoms with Crippen molar-refractivity contribution in [2.45, 2.75) is 26.4 Å². The van der Waals surface area contributed by atoms with E-state index in [2.05, 4.69) is 10.3 Å². The number of carbonyl (C=O) groups is 1. The minimum Gasteiger partial charge on any atom is -0.469 e. The molecule has 1 N–H and O–H groups in total. The molecule has 0 bridgehead atoms. The number of hydrogen-bond donors (Lipinski definition) is 1. The maximum absolute atomic E-state index is 11.4. The van der Waals surface area contributed by atoms with Crippen LogP contribution in [0.1, 0.15) is 22.5 Å². The van der Waals surface area contributed by atoms with E-state index in [0.29, 0.717) is 19.5 Å². The highest BCUT2D eigenvalue weighted by Crippen LogP contribution is 2.10. The lowest BCUT2D eigenvalue weighted by molar-refractivity contribution is -0.139. The van der Waals surface area contributed by atoms with E-state index in [1.54, 1.807) is 0 Å². The first-order valence-electron chi connectivity index (χ1n) is 6.96. The van der Waals surface area contributed by atoms with E-state index in [9.17, 15) is 4.79 Å². The van der Waals surface area contributed by atoms with Crippen LogP contribution in [0.4, 0.5) is 0 Å². The molecule has 0 atom stereocenters. The van der Waals surface area contributed by atoms with Gasteiger partial charge in [-0.1, -0.05) is 30.3 Å². The van der Waals surface area contributed by atoms with E-state index >= 15 is 0 Å². The summed E-state index contributed by atoms with van der Waals surface area (Å²) in [6.07, 6.45) is 0.303. The van der Waals surface area contributed by atoms with Crippen molar-refractivity contribution in [1.29, 1.82) is 0 Å². The van der Waals surface area contributed by atoms with Crippen LogP contribution in [-0.4, -0.2) is 18.1 Å². The van der Waals surface area contributed by atoms with Crippen molar-refractivity contribution in [3.8, 4) is 0 Å². The number of carbonyl (C=O) groups excluding carboxylic acids is 1. The third kappa shape index (κ3) is 4.68. The summed E-state index contributed by atoms with van der Waals surface area (Å²) < 4.78 is 4.73. The van der Waals surface area contributed by atoms with E-state index in [4.69, 9.17) is 4.74 Å². The lowest BCUT2D eigenvalue weighted by Gasteiger charge is -2.10. The molecular formula is C17H20N2O2. The lowest BCUT2D eigenvalue weighted by Crippen LogP contribution is -2.16. The molecule has 1 aromatic carbocycles. The first kappa shape index (κ1) is 15.2. The Labute approximate surface area is 125 Å². The van der Waals surface area contributed by atoms with Crippen LogP contribution < -0.4 is 5.32 Å². The Morgan fingerprint density at radius 3 is 2.57 bits per heavy atom. The zero-order valence-electron chi connectivity index (χ0n) is 12.4. The van der Waals surface area contributed by atoms with Gasteiger partial charge in [-0.3, -0.25) is 9.78 Å². The third-order valence-corrected chi connectivity index (χ3v) is 3.25. The average molecular weight is 284 g/mol. The van der Waals surface area contributed by atoms with Crippen molar-refractivity contribution in [2.24, 2.45) is 0 Å². The normalized spacial score (nSPS) is 10.4. The molecule has 2 rings (SSSR count). The summed E-state index contributed by atoms with van der Waals surface area (Å²) >= 11 is 0. The number of aryl methyl sites for hydroxylation is 1. The van der Waals surface area contributed by atoms with Crippen LogP contribution in [0.25, 0.3) is 0 Å². The Morgan fingerprint density at radius 1 is 1.10 bits per heavy atom. The SMILES string of the molecule is COC(=O)Cc1ccccc1CNCc1cccc(C)n1. The highest BCUT2D eigenvalue weighted by Gasteiger charge is 2.07. The zero-order valence-corrected chi connectivity index (χ0v) is 12.4. The molecule has 0 aliphatic carbocycles. The smallest absolute Gasteiger partial charge is 0.309 e. The number of pyridine rings is 1. The standard InChI is InChI=1S/C17H20N2O2/c1-13-6-5-9-16(19-13)12-18-11-15-8-4-3-7-14(15)10-17(20)21-2/h3-9,18H,10-12H2,1-2H3. The van der Waals surface area contributed by atoms with Gasteiger partial charge in [-0.05, 0) is 30.2 Å². The Bertz CT molecular complexity index is 611. The molecule has 0 aliphatic rings. The molecule has 0 spiro atoms. The fourth-order valence-electron chi connectivity index (χ4n) is 2.15. The topological polar surface area (TPSA) is 51.2 Å². The second-order valence-electron chi connectivity index (χ2n) is 4.90. The summed E-state index contributed by atoms with van der Waals surface area (Å²) in [5, 5.41) is 3.36. The molecular weight excluding hydrogens is 264 g/mol. The molecule has 110 valence electrons. The predicted octanol–water partition coefficient (Wildman–Crippen LogP) is 2.40. The second kappa shape index (κ2) is 7.55. The molecule has 4 heteroatoms. The van der Waals surface area contributed by atoms with Crippen LogP contribution in [0, 0.1) is 6.92 Å². The second-order valence-corrected chi connectivity index (χ2v) is 4.90. The van der Waals surface area contributed by atoms with Gasteiger partial charge < -0.3 is 10.1 Å². The number of benzene rings is 1. The van der Waals surface area contributed by atoms with Gasteiger partial charge in [0.15, 0.2) is 0 Å². The van der Waals surface area contributed by atoms with E-state index in [-0.39, 0.29) is 5.97 Å². The quantitative estimate of drug-likeness (QED) is 0.828. The molecule has 0 aliphatic heterocycles. The Balaban J connectivity index is 1.95. The molecule has 21 heavy (non-hydrogen) atoms. The molecule has 0 fully saturated rings. The summed E-state index contributed by atoms with van der Waals surface area (Å²) in [6, 6.07) is 13.9. The van der Waals surface area contributed by atoms with Gasteiger partial charge in [0.2, 0.25) is 0 Å². The molecule has 1 aromatic heterocycles. The predicted molar refractivity (Wildman–Crippen MR) is 81.7 cm³/mol. The van der Waals surface area contributed by atoms with Crippen LogP contribution in [0.5, 0.6) is 0 Å². The van der Waals surface area contributed by atoms with Crippen molar-refractivity contribution < 1.29 is 9.53 Å². The van der Waals surface area contributed by atoms with Gasteiger partial charge in [-0.15, -0.1) is 0 Å². The number of esters is 1. The molecule has 0 saturated heterocycles. The van der Waals surface area contributed by atoms with Gasteiger partial charge >= 0.3 is 5.97 Å². The van der Waals surface area contributed by atoms with Gasteiger partial charge in [-0.2, -0.15) is 0 Å². The van der Waals surface area contributed by atoms with E-state index in [1.165, 1.54) is 7.11 Å². The number of nitrogens with one attached hydrogen (secondary N) is 1. The molecule has 0 unspecified atom stereocenters. The van der Waals surface area contributed by atoms with Crippen LogP contribution in [-0.2, 0) is 29.0 Å². The third-order valence-electron chi connectivity index (χ3n) is 3.25. The Kier molecular flexibility index (Phi) is 5.46. The fourth-order valence-corrected chi connectivity index (χ4v) is 2.15. The molecule has 4 nitrogen and oxygen atoms in total. The van der Waals surface area contributed by atoms with Gasteiger partial charge in [0, 0.05) is 18.8 Å². The highest BCUT2D eigenvalue weighted by atomic mass is 16.5. The van der Waals surface area contributed by atoms with Gasteiger partial charge in [0.25, 0.3) is 0 Å². The molecule has 2 aromatic rings. The van der Waals surface area contributed by atoms with Crippen molar-refractivity contribution >= 4 is 5.97 Å². The van der Waals surface area contributed by atoms with Gasteiger partial charge in [0.05, 0.1) is 19.2 Å². The minimum atomic E-state index is -0.220. The monoisotopic (exact) mass is 284 g/mol. The molecule has 0 amide bonds. The number of aromatic nitrogens is 1. The number of rotatable bonds is 6. The van der Waals surface area contributed by atoms with Crippen molar-refractivity contribution in [2.75, 3.05) is 7.11 Å². The minimum absolute atomic E-state index is 0.220. The highest BCUT2D eigenvalue weighted by molar-refractivity contribution is 5.72. The zero-order chi connectivity index (χ0) is 15.1. The Morgan fingerprint density at radius 2 is 1.86 bits per heavy atom. The summed E-state index contributed by atoms with van der Waals surface area (Å²) in [5.41, 5.74) is 4.13. The van der Waals surface area contributed by atoms with Crippen molar-refractivity contribution in [3.63, 3.8) is 0 Å². The summed E-state index contributed by atoms with van der Waals surface area (Å²) in [7, 11) is 1.41. The van der Waals surface area contributed by atoms with E-state index < -0.39 is 0 Å². The molecule has 0 saturated carbocycles. The summed E-state index contributed by atoms with van der Waals surface area (Å²) in [4.78, 5) is 15.9. The first-order valence-corrected chi connectivity index (χ1v) is 6.96. The lowest BCUT2D eigenvalue weighted by atomic mass is 10.0. The van der Waals surface area contributed by atoms with Crippen LogP contribution in [0.2, 0.25) is 0 Å². The first-order chi connectivity index (χ1) is 10.2. The average Bonchev–Trinajstić information content (AvgIpc) is 2.49. The van der Waals surface area contributed by atoms with Crippen molar-refractivity contribution in [3.05, 3.63) is 65.0 Å². The van der Waals surface area contributed by atoms with E-state index in [1.807, 2.05) is 49.4 Å². The molecule has 1 heterocycles. The van der Waals surface area contributed by atoms with Crippen LogP contribution in [0.15, 0.2) is 42.5 Å². The Hall–Kier alpha value is -2.20.